The maximum absolute atomic E-state index is 12.9. The van der Waals surface area contributed by atoms with Crippen LogP contribution in [0.4, 0.5) is 17.3 Å². The number of methoxy groups -OCH3 is 1. The van der Waals surface area contributed by atoms with E-state index < -0.39 is 19.1 Å². The van der Waals surface area contributed by atoms with Crippen LogP contribution in [0, 0.1) is 5.82 Å². The molecule has 0 aliphatic heterocycles. The van der Waals surface area contributed by atoms with Crippen molar-refractivity contribution in [2.45, 2.75) is 6.32 Å². The Morgan fingerprint density at radius 2 is 1.87 bits per heavy atom. The second-order valence-electron chi connectivity index (χ2n) is 2.88. The molecule has 1 aromatic rings. The minimum atomic E-state index is -4.92. The summed E-state index contributed by atoms with van der Waals surface area (Å²) >= 11 is 0. The molecule has 0 N–H and O–H groups in total. The molecule has 1 nitrogen and oxygen atoms in total. The molecule has 0 aliphatic carbocycles. The van der Waals surface area contributed by atoms with Crippen molar-refractivity contribution in [3.05, 3.63) is 29.6 Å². The van der Waals surface area contributed by atoms with Crippen LogP contribution >= 0.6 is 0 Å². The quantitative estimate of drug-likeness (QED) is 0.528. The Morgan fingerprint density at radius 3 is 2.27 bits per heavy atom. The Bertz CT molecular complexity index is 329. The van der Waals surface area contributed by atoms with Gasteiger partial charge in [-0.25, -0.2) is 4.39 Å². The van der Waals surface area contributed by atoms with E-state index in [1.807, 2.05) is 0 Å². The molecule has 0 spiro atoms. The van der Waals surface area contributed by atoms with Crippen molar-refractivity contribution >= 4 is 6.98 Å². The van der Waals surface area contributed by atoms with E-state index >= 15 is 0 Å². The van der Waals surface area contributed by atoms with E-state index in [-0.39, 0.29) is 62.7 Å². The number of benzene rings is 1. The zero-order valence-electron chi connectivity index (χ0n) is 8.44. The molecule has 15 heavy (non-hydrogen) atoms. The molecule has 78 valence electrons. The number of rotatable bonds is 3. The Kier molecular flexibility index (Phi) is 6.43. The van der Waals surface area contributed by atoms with Crippen LogP contribution < -0.4 is 56.1 Å². The van der Waals surface area contributed by atoms with E-state index in [0.717, 1.165) is 6.07 Å². The molecule has 0 saturated carbocycles. The molecular weight excluding hydrogens is 238 g/mol. The van der Waals surface area contributed by atoms with Gasteiger partial charge in [-0.1, -0.05) is 17.9 Å². The Morgan fingerprint density at radius 1 is 1.27 bits per heavy atom. The molecule has 0 saturated heterocycles. The van der Waals surface area contributed by atoms with Crippen LogP contribution in [0.1, 0.15) is 5.56 Å². The van der Waals surface area contributed by atoms with Gasteiger partial charge in [0.25, 0.3) is 0 Å². The zero-order chi connectivity index (χ0) is 10.8. The maximum atomic E-state index is 12.9. The number of hydrogen-bond acceptors (Lipinski definition) is 1. The minimum Gasteiger partial charge on any atom is -0.494 e. The van der Waals surface area contributed by atoms with Crippen molar-refractivity contribution in [1.82, 2.24) is 0 Å². The molecular formula is C8H8BF4KO. The van der Waals surface area contributed by atoms with Gasteiger partial charge < -0.3 is 17.7 Å². The van der Waals surface area contributed by atoms with Crippen LogP contribution in [0.3, 0.4) is 0 Å². The third-order valence-electron chi connectivity index (χ3n) is 1.68. The van der Waals surface area contributed by atoms with Gasteiger partial charge in [0, 0.05) is 0 Å². The minimum absolute atomic E-state index is 0. The van der Waals surface area contributed by atoms with Gasteiger partial charge in [0.2, 0.25) is 0 Å². The predicted octanol–water partition coefficient (Wildman–Crippen LogP) is -0.233. The van der Waals surface area contributed by atoms with E-state index in [2.05, 4.69) is 4.74 Å². The van der Waals surface area contributed by atoms with Crippen LogP contribution in [-0.2, 0) is 6.32 Å². The SMILES string of the molecule is COc1ccc(C[B-](F)(F)F)cc1F.[K+]. The van der Waals surface area contributed by atoms with Gasteiger partial charge >= 0.3 is 58.4 Å². The van der Waals surface area contributed by atoms with Gasteiger partial charge in [0.1, 0.15) is 0 Å². The molecule has 0 heterocycles. The maximum Gasteiger partial charge on any atom is 1.00 e. The fourth-order valence-electron chi connectivity index (χ4n) is 1.10. The van der Waals surface area contributed by atoms with Gasteiger partial charge in [-0.3, -0.25) is 0 Å². The second-order valence-corrected chi connectivity index (χ2v) is 2.88. The second kappa shape index (κ2) is 6.24. The summed E-state index contributed by atoms with van der Waals surface area (Å²) in [6, 6.07) is 3.23. The standard InChI is InChI=1S/C8H8BF4O.K/c1-14-8-3-2-6(4-7(8)10)5-9(11,12)13;/h2-4H,5H2,1H3;/q-1;+1. The van der Waals surface area contributed by atoms with Crippen molar-refractivity contribution in [3.63, 3.8) is 0 Å². The summed E-state index contributed by atoms with van der Waals surface area (Å²) in [4.78, 5) is 0. The Labute approximate surface area is 128 Å². The van der Waals surface area contributed by atoms with E-state index in [0.29, 0.717) is 0 Å². The van der Waals surface area contributed by atoms with Gasteiger partial charge in [0.05, 0.1) is 7.11 Å². The molecule has 0 amide bonds. The van der Waals surface area contributed by atoms with Gasteiger partial charge in [-0.2, -0.15) is 0 Å². The van der Waals surface area contributed by atoms with Crippen molar-refractivity contribution in [3.8, 4) is 5.75 Å². The fraction of sp³-hybridized carbons (Fsp3) is 0.250. The van der Waals surface area contributed by atoms with Crippen LogP contribution in [0.15, 0.2) is 18.2 Å². The smallest absolute Gasteiger partial charge is 0.494 e. The largest absolute Gasteiger partial charge is 1.00 e. The zero-order valence-corrected chi connectivity index (χ0v) is 11.6. The van der Waals surface area contributed by atoms with E-state index in [9.17, 15) is 17.3 Å². The van der Waals surface area contributed by atoms with Crippen LogP contribution in [0.25, 0.3) is 0 Å². The summed E-state index contributed by atoms with van der Waals surface area (Å²) in [5.74, 6) is -0.825. The average molecular weight is 246 g/mol. The summed E-state index contributed by atoms with van der Waals surface area (Å²) in [6.07, 6.45) is -1.07. The molecule has 1 aromatic carbocycles. The van der Waals surface area contributed by atoms with Crippen molar-refractivity contribution in [2.75, 3.05) is 7.11 Å². The molecule has 0 unspecified atom stereocenters. The molecule has 0 aliphatic rings. The van der Waals surface area contributed by atoms with Crippen molar-refractivity contribution < 1.29 is 73.5 Å². The molecule has 7 heteroatoms. The van der Waals surface area contributed by atoms with Gasteiger partial charge in [-0.15, -0.1) is 0 Å². The average Bonchev–Trinajstić information content (AvgIpc) is 2.01. The van der Waals surface area contributed by atoms with E-state index in [1.165, 1.54) is 19.2 Å². The normalized spacial score (nSPS) is 10.7. The summed E-state index contributed by atoms with van der Waals surface area (Å²) < 4.78 is 53.4. The van der Waals surface area contributed by atoms with Gasteiger partial charge in [0.15, 0.2) is 11.6 Å². The molecule has 0 bridgehead atoms. The molecule has 1 rings (SSSR count). The van der Waals surface area contributed by atoms with E-state index in [4.69, 9.17) is 0 Å². The van der Waals surface area contributed by atoms with Crippen molar-refractivity contribution in [1.29, 1.82) is 0 Å². The third-order valence-corrected chi connectivity index (χ3v) is 1.68. The topological polar surface area (TPSA) is 9.23 Å². The monoisotopic (exact) mass is 246 g/mol. The van der Waals surface area contributed by atoms with Gasteiger partial charge in [-0.05, 0) is 12.1 Å². The number of halogens is 4. The summed E-state index contributed by atoms with van der Waals surface area (Å²) in [5, 5.41) is 0. The number of ether oxygens (including phenoxy) is 1. The first kappa shape index (κ1) is 15.4. The van der Waals surface area contributed by atoms with Crippen molar-refractivity contribution in [2.24, 2.45) is 0 Å². The predicted molar refractivity (Wildman–Crippen MR) is 45.7 cm³/mol. The summed E-state index contributed by atoms with van der Waals surface area (Å²) in [7, 11) is 1.26. The molecule has 0 radical (unpaired) electrons. The molecule has 0 aromatic heterocycles. The van der Waals surface area contributed by atoms with E-state index in [1.54, 1.807) is 0 Å². The van der Waals surface area contributed by atoms with Crippen LogP contribution in [0.2, 0.25) is 0 Å². The number of hydrogen-bond donors (Lipinski definition) is 0. The Balaban J connectivity index is 0.00000196. The molecule has 0 atom stereocenters. The first-order chi connectivity index (χ1) is 6.42. The first-order valence-electron chi connectivity index (χ1n) is 3.96. The van der Waals surface area contributed by atoms with Crippen LogP contribution in [-0.4, -0.2) is 14.1 Å². The first-order valence-corrected chi connectivity index (χ1v) is 3.96. The fourth-order valence-corrected chi connectivity index (χ4v) is 1.10. The summed E-state index contributed by atoms with van der Waals surface area (Å²) in [6.45, 7) is -4.92. The molecule has 0 fully saturated rings. The summed E-state index contributed by atoms with van der Waals surface area (Å²) in [5.41, 5.74) is -0.0872. The third kappa shape index (κ3) is 5.35. The van der Waals surface area contributed by atoms with Crippen LogP contribution in [0.5, 0.6) is 5.75 Å². The Hall–Kier alpha value is 0.441.